The molecule has 0 saturated carbocycles. The number of likely N-dealkylation sites (tertiary alicyclic amines) is 1. The molecule has 0 N–H and O–H groups in total. The molecule has 2 aromatic carbocycles. The fraction of sp³-hybridized carbons (Fsp3) is 0.348. The summed E-state index contributed by atoms with van der Waals surface area (Å²) in [6.45, 7) is 2.12. The summed E-state index contributed by atoms with van der Waals surface area (Å²) in [5.41, 5.74) is 0.636. The smallest absolute Gasteiger partial charge is 0.264 e. The minimum Gasteiger partial charge on any atom is -0.489 e. The SMILES string of the molecule is CN1CCC(N(C)C(=O)c2sc3cccc(F)c3c2COc2ccccc2)CC1. The van der Waals surface area contributed by atoms with Gasteiger partial charge in [-0.3, -0.25) is 4.79 Å². The second-order valence-corrected chi connectivity index (χ2v) is 8.63. The first-order valence-corrected chi connectivity index (χ1v) is 10.7. The second kappa shape index (κ2) is 8.51. The first-order valence-electron chi connectivity index (χ1n) is 9.88. The van der Waals surface area contributed by atoms with E-state index in [2.05, 4.69) is 11.9 Å². The molecule has 1 saturated heterocycles. The molecule has 0 atom stereocenters. The first kappa shape index (κ1) is 19.9. The van der Waals surface area contributed by atoms with E-state index in [0.717, 1.165) is 30.6 Å². The monoisotopic (exact) mass is 412 g/mol. The van der Waals surface area contributed by atoms with Gasteiger partial charge in [-0.05, 0) is 57.2 Å². The Kier molecular flexibility index (Phi) is 5.83. The summed E-state index contributed by atoms with van der Waals surface area (Å²) in [6, 6.07) is 14.6. The van der Waals surface area contributed by atoms with Gasteiger partial charge >= 0.3 is 0 Å². The van der Waals surface area contributed by atoms with Gasteiger partial charge in [0.05, 0.1) is 4.88 Å². The molecule has 1 amide bonds. The number of halogens is 1. The van der Waals surface area contributed by atoms with Crippen molar-refractivity contribution < 1.29 is 13.9 Å². The van der Waals surface area contributed by atoms with E-state index in [1.165, 1.54) is 17.4 Å². The predicted molar refractivity (Wildman–Crippen MR) is 115 cm³/mol. The van der Waals surface area contributed by atoms with Crippen LogP contribution in [0.5, 0.6) is 5.75 Å². The van der Waals surface area contributed by atoms with Crippen molar-refractivity contribution in [2.45, 2.75) is 25.5 Å². The van der Waals surface area contributed by atoms with Gasteiger partial charge in [0.2, 0.25) is 0 Å². The number of fused-ring (bicyclic) bond motifs is 1. The first-order chi connectivity index (χ1) is 14.0. The third kappa shape index (κ3) is 4.14. The van der Waals surface area contributed by atoms with E-state index in [4.69, 9.17) is 4.74 Å². The summed E-state index contributed by atoms with van der Waals surface area (Å²) in [7, 11) is 3.97. The minimum absolute atomic E-state index is 0.0492. The van der Waals surface area contributed by atoms with Crippen LogP contribution in [0.25, 0.3) is 10.1 Å². The number of benzene rings is 2. The molecule has 1 aliphatic heterocycles. The van der Waals surface area contributed by atoms with Gasteiger partial charge in [0, 0.05) is 28.7 Å². The zero-order valence-electron chi connectivity index (χ0n) is 16.7. The molecule has 1 aromatic heterocycles. The average molecular weight is 413 g/mol. The van der Waals surface area contributed by atoms with Crippen LogP contribution >= 0.6 is 11.3 Å². The highest BCUT2D eigenvalue weighted by Gasteiger charge is 2.29. The van der Waals surface area contributed by atoms with Crippen LogP contribution in [-0.2, 0) is 6.61 Å². The van der Waals surface area contributed by atoms with Crippen molar-refractivity contribution in [1.82, 2.24) is 9.80 Å². The molecule has 4 nitrogen and oxygen atoms in total. The third-order valence-corrected chi connectivity index (χ3v) is 6.83. The molecular weight excluding hydrogens is 387 g/mol. The number of carbonyl (C=O) groups excluding carboxylic acids is 1. The van der Waals surface area contributed by atoms with Crippen LogP contribution in [0.1, 0.15) is 28.1 Å². The lowest BCUT2D eigenvalue weighted by Gasteiger charge is -2.35. The van der Waals surface area contributed by atoms with Crippen LogP contribution in [-0.4, -0.2) is 48.9 Å². The number of ether oxygens (including phenoxy) is 1. The number of hydrogen-bond acceptors (Lipinski definition) is 4. The van der Waals surface area contributed by atoms with Crippen LogP contribution in [0, 0.1) is 5.82 Å². The van der Waals surface area contributed by atoms with Gasteiger partial charge in [0.1, 0.15) is 18.2 Å². The quantitative estimate of drug-likeness (QED) is 0.604. The normalized spacial score (nSPS) is 15.6. The number of para-hydroxylation sites is 1. The largest absolute Gasteiger partial charge is 0.489 e. The third-order valence-electron chi connectivity index (χ3n) is 5.64. The minimum atomic E-state index is -0.314. The molecule has 0 spiro atoms. The van der Waals surface area contributed by atoms with Crippen LogP contribution in [0.2, 0.25) is 0 Å². The van der Waals surface area contributed by atoms with Gasteiger partial charge in [-0.15, -0.1) is 11.3 Å². The lowest BCUT2D eigenvalue weighted by molar-refractivity contribution is 0.0662. The van der Waals surface area contributed by atoms with Crippen LogP contribution in [0.3, 0.4) is 0 Å². The standard InChI is InChI=1S/C23H25FN2O2S/c1-25-13-11-16(12-14-25)26(2)23(27)22-18(15-28-17-7-4-3-5-8-17)21-19(24)9-6-10-20(21)29-22/h3-10,16H,11-15H2,1-2H3. The fourth-order valence-corrected chi connectivity index (χ4v) is 5.06. The zero-order chi connectivity index (χ0) is 20.4. The lowest BCUT2D eigenvalue weighted by Crippen LogP contribution is -2.44. The van der Waals surface area contributed by atoms with Gasteiger partial charge in [0.25, 0.3) is 5.91 Å². The molecule has 3 aromatic rings. The van der Waals surface area contributed by atoms with E-state index in [1.54, 1.807) is 6.07 Å². The van der Waals surface area contributed by atoms with Gasteiger partial charge in [0.15, 0.2) is 0 Å². The van der Waals surface area contributed by atoms with E-state index < -0.39 is 0 Å². The summed E-state index contributed by atoms with van der Waals surface area (Å²) in [5.74, 6) is 0.337. The molecule has 0 radical (unpaired) electrons. The number of rotatable bonds is 5. The Hall–Kier alpha value is -2.44. The maximum atomic E-state index is 14.7. The summed E-state index contributed by atoms with van der Waals surface area (Å²) < 4.78 is 21.3. The molecule has 0 unspecified atom stereocenters. The Bertz CT molecular complexity index is 997. The van der Waals surface area contributed by atoms with Crippen molar-refractivity contribution in [3.8, 4) is 5.75 Å². The maximum absolute atomic E-state index is 14.7. The second-order valence-electron chi connectivity index (χ2n) is 7.57. The molecule has 152 valence electrons. The average Bonchev–Trinajstić information content (AvgIpc) is 3.12. The van der Waals surface area contributed by atoms with Crippen molar-refractivity contribution in [2.75, 3.05) is 27.2 Å². The number of hydrogen-bond donors (Lipinski definition) is 0. The molecule has 4 rings (SSSR count). The Balaban J connectivity index is 1.65. The molecule has 1 fully saturated rings. The van der Waals surface area contributed by atoms with Gasteiger partial charge in [-0.25, -0.2) is 4.39 Å². The summed E-state index contributed by atoms with van der Waals surface area (Å²) >= 11 is 1.35. The highest BCUT2D eigenvalue weighted by molar-refractivity contribution is 7.21. The molecule has 29 heavy (non-hydrogen) atoms. The van der Waals surface area contributed by atoms with Crippen LogP contribution < -0.4 is 4.74 Å². The predicted octanol–water partition coefficient (Wildman–Crippen LogP) is 4.79. The molecule has 0 bridgehead atoms. The fourth-order valence-electron chi connectivity index (χ4n) is 3.86. The molecule has 1 aliphatic rings. The van der Waals surface area contributed by atoms with E-state index in [0.29, 0.717) is 21.6 Å². The van der Waals surface area contributed by atoms with E-state index in [-0.39, 0.29) is 24.4 Å². The summed E-state index contributed by atoms with van der Waals surface area (Å²) in [6.07, 6.45) is 1.90. The Labute approximate surface area is 174 Å². The number of thiophene rings is 1. The summed E-state index contributed by atoms with van der Waals surface area (Å²) in [4.78, 5) is 18.1. The van der Waals surface area contributed by atoms with Crippen molar-refractivity contribution in [3.05, 3.63) is 64.8 Å². The van der Waals surface area contributed by atoms with E-state index >= 15 is 0 Å². The van der Waals surface area contributed by atoms with Gasteiger partial charge in [-0.2, -0.15) is 0 Å². The highest BCUT2D eigenvalue weighted by atomic mass is 32.1. The maximum Gasteiger partial charge on any atom is 0.264 e. The molecular formula is C23H25FN2O2S. The van der Waals surface area contributed by atoms with E-state index in [9.17, 15) is 9.18 Å². The van der Waals surface area contributed by atoms with Crippen LogP contribution in [0.15, 0.2) is 48.5 Å². The van der Waals surface area contributed by atoms with Gasteiger partial charge < -0.3 is 14.5 Å². The molecule has 2 heterocycles. The zero-order valence-corrected chi connectivity index (χ0v) is 17.5. The Morgan fingerprint density at radius 1 is 1.17 bits per heavy atom. The highest BCUT2D eigenvalue weighted by Crippen LogP contribution is 2.35. The number of amides is 1. The van der Waals surface area contributed by atoms with Crippen LogP contribution in [0.4, 0.5) is 4.39 Å². The number of piperidine rings is 1. The number of nitrogens with zero attached hydrogens (tertiary/aromatic N) is 2. The van der Waals surface area contributed by atoms with Gasteiger partial charge in [-0.1, -0.05) is 24.3 Å². The lowest BCUT2D eigenvalue weighted by atomic mass is 10.0. The topological polar surface area (TPSA) is 32.8 Å². The molecule has 0 aliphatic carbocycles. The van der Waals surface area contributed by atoms with E-state index in [1.807, 2.05) is 48.3 Å². The summed E-state index contributed by atoms with van der Waals surface area (Å²) in [5, 5.41) is 0.494. The Morgan fingerprint density at radius 3 is 2.62 bits per heavy atom. The van der Waals surface area contributed by atoms with Crippen molar-refractivity contribution in [2.24, 2.45) is 0 Å². The van der Waals surface area contributed by atoms with Crippen molar-refractivity contribution in [3.63, 3.8) is 0 Å². The molecule has 6 heteroatoms. The van der Waals surface area contributed by atoms with Crippen molar-refractivity contribution in [1.29, 1.82) is 0 Å². The number of carbonyl (C=O) groups is 1. The Morgan fingerprint density at radius 2 is 1.90 bits per heavy atom. The van der Waals surface area contributed by atoms with Crippen molar-refractivity contribution >= 4 is 27.3 Å².